The number of carbonyl (C=O) groups is 2. The number of benzene rings is 2. The Labute approximate surface area is 300 Å². The van der Waals surface area contributed by atoms with Crippen LogP contribution in [-0.2, 0) is 20.4 Å². The number of hydrogen-bond acceptors (Lipinski definition) is 4. The van der Waals surface area contributed by atoms with Crippen molar-refractivity contribution in [3.05, 3.63) is 64.2 Å². The molecule has 0 saturated carbocycles. The highest BCUT2D eigenvalue weighted by Gasteiger charge is 2.39. The molecule has 274 valence electrons. The van der Waals surface area contributed by atoms with Gasteiger partial charge in [-0.25, -0.2) is 4.79 Å². The van der Waals surface area contributed by atoms with Crippen molar-refractivity contribution in [1.29, 1.82) is 0 Å². The fourth-order valence-corrected chi connectivity index (χ4v) is 6.99. The number of carbonyl (C=O) groups excluding carboxylic acids is 2. The average Bonchev–Trinajstić information content (AvgIpc) is 3.39. The van der Waals surface area contributed by atoms with Crippen molar-refractivity contribution in [2.45, 2.75) is 194 Å². The maximum Gasteiger partial charge on any atom is 0.338 e. The quantitative estimate of drug-likeness (QED) is 0.0669. The predicted molar refractivity (Wildman–Crippen MR) is 206 cm³/mol. The third-order valence-electron chi connectivity index (χ3n) is 10.3. The van der Waals surface area contributed by atoms with Crippen molar-refractivity contribution in [3.63, 3.8) is 0 Å². The maximum atomic E-state index is 13.2. The zero-order valence-electron chi connectivity index (χ0n) is 32.5. The summed E-state index contributed by atoms with van der Waals surface area (Å²) in [6.07, 6.45) is 27.0. The van der Waals surface area contributed by atoms with Crippen LogP contribution >= 0.6 is 0 Å². The molecule has 1 unspecified atom stereocenters. The zero-order valence-corrected chi connectivity index (χ0v) is 32.5. The normalized spacial score (nSPS) is 14.6. The minimum atomic E-state index is -0.502. The van der Waals surface area contributed by atoms with E-state index in [9.17, 15) is 9.59 Å². The van der Waals surface area contributed by atoms with Crippen LogP contribution in [0.4, 0.5) is 0 Å². The van der Waals surface area contributed by atoms with E-state index >= 15 is 0 Å². The lowest BCUT2D eigenvalue weighted by atomic mass is 9.77. The van der Waals surface area contributed by atoms with E-state index in [0.717, 1.165) is 29.5 Å². The molecule has 4 heteroatoms. The molecule has 0 saturated heterocycles. The summed E-state index contributed by atoms with van der Waals surface area (Å²) in [7, 11) is 0. The highest BCUT2D eigenvalue weighted by molar-refractivity contribution is 5.92. The van der Waals surface area contributed by atoms with Gasteiger partial charge in [0.05, 0.1) is 12.2 Å². The van der Waals surface area contributed by atoms with Gasteiger partial charge in [-0.2, -0.15) is 0 Å². The van der Waals surface area contributed by atoms with Crippen molar-refractivity contribution >= 4 is 11.9 Å². The first-order valence-corrected chi connectivity index (χ1v) is 20.1. The monoisotopic (exact) mass is 675 g/mol. The Kier molecular flexibility index (Phi) is 17.4. The molecular formula is C45H70O4. The first-order valence-electron chi connectivity index (χ1n) is 20.1. The molecule has 0 aliphatic carbocycles. The van der Waals surface area contributed by atoms with E-state index < -0.39 is 5.92 Å². The average molecular weight is 675 g/mol. The summed E-state index contributed by atoms with van der Waals surface area (Å²) in [5.41, 5.74) is 4.27. The number of ether oxygens (including phenoxy) is 2. The van der Waals surface area contributed by atoms with Gasteiger partial charge in [0.2, 0.25) is 0 Å². The van der Waals surface area contributed by atoms with Gasteiger partial charge in [-0.05, 0) is 40.5 Å². The van der Waals surface area contributed by atoms with E-state index in [1.165, 1.54) is 121 Å². The lowest BCUT2D eigenvalue weighted by Crippen LogP contribution is -2.17. The van der Waals surface area contributed by atoms with E-state index in [1.54, 1.807) is 12.1 Å². The Morgan fingerprint density at radius 3 is 1.51 bits per heavy atom. The Hall–Kier alpha value is -2.62. The second kappa shape index (κ2) is 20.9. The largest absolute Gasteiger partial charge is 0.462 e. The third-order valence-corrected chi connectivity index (χ3v) is 10.3. The zero-order chi connectivity index (χ0) is 35.7. The molecule has 49 heavy (non-hydrogen) atoms. The summed E-state index contributed by atoms with van der Waals surface area (Å²) < 4.78 is 11.5. The molecule has 4 nitrogen and oxygen atoms in total. The molecule has 1 aliphatic heterocycles. The fraction of sp³-hybridized carbons (Fsp3) is 0.689. The molecule has 3 rings (SSSR count). The highest BCUT2D eigenvalue weighted by Crippen LogP contribution is 2.47. The predicted octanol–water partition coefficient (Wildman–Crippen LogP) is 13.3. The Bertz CT molecular complexity index is 1260. The lowest BCUT2D eigenvalue weighted by Gasteiger charge is -2.27. The lowest BCUT2D eigenvalue weighted by molar-refractivity contribution is -0.133. The number of hydrogen-bond donors (Lipinski definition) is 0. The van der Waals surface area contributed by atoms with Crippen LogP contribution in [-0.4, -0.2) is 18.5 Å². The number of fused-ring (bicyclic) bond motifs is 1. The first-order chi connectivity index (χ1) is 23.4. The van der Waals surface area contributed by atoms with E-state index in [0.29, 0.717) is 17.9 Å². The summed E-state index contributed by atoms with van der Waals surface area (Å²) in [5, 5.41) is 0. The van der Waals surface area contributed by atoms with E-state index in [4.69, 9.17) is 9.47 Å². The van der Waals surface area contributed by atoms with Gasteiger partial charge in [0.25, 0.3) is 0 Å². The first kappa shape index (κ1) is 40.8. The molecule has 0 fully saturated rings. The van der Waals surface area contributed by atoms with E-state index in [-0.39, 0.29) is 22.8 Å². The standard InChI is InChI=1S/C45H70O4/c1-8-9-10-11-12-13-14-15-16-17-18-19-20-21-22-23-24-25-26-27-32-48-42(46)36-30-28-35(29-31-36)40-38-33-37(44(2,3)4)34-39(45(5,6)7)41(38)49-43(40)47/h28-31,33-34,40H,8-27,32H2,1-7H3. The van der Waals surface area contributed by atoms with Crippen molar-refractivity contribution in [2.24, 2.45) is 0 Å². The Balaban J connectivity index is 1.27. The van der Waals surface area contributed by atoms with Crippen LogP contribution in [0.3, 0.4) is 0 Å². The van der Waals surface area contributed by atoms with Gasteiger partial charge >= 0.3 is 11.9 Å². The van der Waals surface area contributed by atoms with Crippen molar-refractivity contribution < 1.29 is 19.1 Å². The molecule has 0 N–H and O–H groups in total. The number of rotatable bonds is 23. The molecule has 0 radical (unpaired) electrons. The summed E-state index contributed by atoms with van der Waals surface area (Å²) in [6.45, 7) is 15.8. The maximum absolute atomic E-state index is 13.2. The fourth-order valence-electron chi connectivity index (χ4n) is 6.99. The van der Waals surface area contributed by atoms with Gasteiger partial charge in [-0.1, -0.05) is 195 Å². The van der Waals surface area contributed by atoms with E-state index in [2.05, 4.69) is 60.6 Å². The molecule has 1 heterocycles. The van der Waals surface area contributed by atoms with Gasteiger partial charge in [0.1, 0.15) is 11.7 Å². The number of unbranched alkanes of at least 4 members (excludes halogenated alkanes) is 19. The minimum Gasteiger partial charge on any atom is -0.462 e. The topological polar surface area (TPSA) is 52.6 Å². The number of esters is 2. The van der Waals surface area contributed by atoms with Gasteiger partial charge in [0.15, 0.2) is 0 Å². The summed E-state index contributed by atoms with van der Waals surface area (Å²) in [6, 6.07) is 11.6. The molecule has 1 aliphatic rings. The van der Waals surface area contributed by atoms with E-state index in [1.807, 2.05) is 12.1 Å². The van der Waals surface area contributed by atoms with Crippen molar-refractivity contribution in [1.82, 2.24) is 0 Å². The van der Waals surface area contributed by atoms with Crippen LogP contribution in [0.25, 0.3) is 0 Å². The van der Waals surface area contributed by atoms with Gasteiger partial charge in [0, 0.05) is 11.1 Å². The van der Waals surface area contributed by atoms with Crippen molar-refractivity contribution in [2.75, 3.05) is 6.61 Å². The SMILES string of the molecule is CCCCCCCCCCCCCCCCCCCCCCOC(=O)c1ccc(C2C(=O)Oc3c2cc(C(C)(C)C)cc3C(C)(C)C)cc1. The van der Waals surface area contributed by atoms with Crippen LogP contribution in [0.15, 0.2) is 36.4 Å². The second-order valence-corrected chi connectivity index (χ2v) is 16.8. The molecule has 1 atom stereocenters. The molecule has 2 aromatic carbocycles. The Morgan fingerprint density at radius 2 is 1.08 bits per heavy atom. The minimum absolute atomic E-state index is 0.0651. The van der Waals surface area contributed by atoms with Crippen LogP contribution in [0.1, 0.15) is 215 Å². The summed E-state index contributed by atoms with van der Waals surface area (Å²) >= 11 is 0. The highest BCUT2D eigenvalue weighted by atomic mass is 16.5. The third kappa shape index (κ3) is 13.9. The van der Waals surface area contributed by atoms with Crippen LogP contribution in [0.5, 0.6) is 5.75 Å². The van der Waals surface area contributed by atoms with Crippen LogP contribution in [0, 0.1) is 0 Å². The summed E-state index contributed by atoms with van der Waals surface area (Å²) in [4.78, 5) is 25.9. The van der Waals surface area contributed by atoms with Crippen LogP contribution in [0.2, 0.25) is 0 Å². The van der Waals surface area contributed by atoms with Gasteiger partial charge < -0.3 is 9.47 Å². The molecule has 2 aromatic rings. The molecule has 0 aromatic heterocycles. The van der Waals surface area contributed by atoms with Gasteiger partial charge in [-0.3, -0.25) is 4.79 Å². The second-order valence-electron chi connectivity index (χ2n) is 16.8. The van der Waals surface area contributed by atoms with Gasteiger partial charge in [-0.15, -0.1) is 0 Å². The molecule has 0 amide bonds. The smallest absolute Gasteiger partial charge is 0.338 e. The Morgan fingerprint density at radius 1 is 0.633 bits per heavy atom. The molecule has 0 spiro atoms. The molecular weight excluding hydrogens is 604 g/mol. The molecule has 0 bridgehead atoms. The van der Waals surface area contributed by atoms with Crippen LogP contribution < -0.4 is 4.74 Å². The summed E-state index contributed by atoms with van der Waals surface area (Å²) in [5.74, 6) is -0.378. The van der Waals surface area contributed by atoms with Crippen molar-refractivity contribution in [3.8, 4) is 5.75 Å².